The third kappa shape index (κ3) is 5.24. The number of amidine groups is 1. The molecule has 5 nitrogen and oxygen atoms in total. The fourth-order valence-electron chi connectivity index (χ4n) is 2.51. The van der Waals surface area contributed by atoms with Gasteiger partial charge in [-0.1, -0.05) is 33.1 Å². The predicted octanol–water partition coefficient (Wildman–Crippen LogP) is 4.48. The monoisotopic (exact) mass is 417 g/mol. The Kier molecular flexibility index (Phi) is 6.37. The number of hydrogen-bond acceptors (Lipinski definition) is 4. The van der Waals surface area contributed by atoms with Crippen LogP contribution < -0.4 is 0 Å². The summed E-state index contributed by atoms with van der Waals surface area (Å²) >= 11 is 10.1. The molecular formula is C17H25BrClN3O2. The summed E-state index contributed by atoms with van der Waals surface area (Å²) in [6.07, 6.45) is 3.38. The van der Waals surface area contributed by atoms with Crippen LogP contribution in [0.2, 0.25) is 0 Å². The van der Waals surface area contributed by atoms with Gasteiger partial charge in [-0.05, 0) is 40.5 Å². The van der Waals surface area contributed by atoms with Crippen molar-refractivity contribution in [3.63, 3.8) is 0 Å². The molecule has 0 spiro atoms. The van der Waals surface area contributed by atoms with E-state index in [-0.39, 0.29) is 6.09 Å². The van der Waals surface area contributed by atoms with E-state index in [1.54, 1.807) is 4.90 Å². The third-order valence-electron chi connectivity index (χ3n) is 3.87. The minimum Gasteiger partial charge on any atom is -0.444 e. The molecule has 2 rings (SSSR count). The van der Waals surface area contributed by atoms with Gasteiger partial charge in [-0.25, -0.2) is 9.79 Å². The normalized spacial score (nSPS) is 27.6. The molecule has 0 atom stereocenters. The summed E-state index contributed by atoms with van der Waals surface area (Å²) in [5, 5.41) is 0.719. The van der Waals surface area contributed by atoms with Crippen LogP contribution >= 0.6 is 27.5 Å². The van der Waals surface area contributed by atoms with Crippen molar-refractivity contribution in [3.8, 4) is 0 Å². The summed E-state index contributed by atoms with van der Waals surface area (Å²) in [5.74, 6) is 0.787. The van der Waals surface area contributed by atoms with E-state index in [2.05, 4.69) is 25.8 Å². The van der Waals surface area contributed by atoms with E-state index in [0.29, 0.717) is 26.2 Å². The molecule has 24 heavy (non-hydrogen) atoms. The summed E-state index contributed by atoms with van der Waals surface area (Å²) in [5.41, 5.74) is 0.660. The summed E-state index contributed by atoms with van der Waals surface area (Å²) in [4.78, 5) is 20.6. The van der Waals surface area contributed by atoms with E-state index < -0.39 is 5.60 Å². The molecule has 0 aliphatic carbocycles. The van der Waals surface area contributed by atoms with Gasteiger partial charge >= 0.3 is 6.09 Å². The number of halogens is 2. The number of piperazine rings is 1. The lowest BCUT2D eigenvalue weighted by Crippen LogP contribution is -2.51. The van der Waals surface area contributed by atoms with Crippen LogP contribution in [0.25, 0.3) is 0 Å². The molecule has 0 unspecified atom stereocenters. The summed E-state index contributed by atoms with van der Waals surface area (Å²) in [6.45, 7) is 10.2. The van der Waals surface area contributed by atoms with Gasteiger partial charge < -0.3 is 14.5 Å². The molecule has 1 fully saturated rings. The van der Waals surface area contributed by atoms with Crippen molar-refractivity contribution in [2.24, 2.45) is 4.99 Å². The highest BCUT2D eigenvalue weighted by atomic mass is 79.9. The Hall–Kier alpha value is -1.01. The van der Waals surface area contributed by atoms with Crippen molar-refractivity contribution in [1.29, 1.82) is 0 Å². The van der Waals surface area contributed by atoms with Gasteiger partial charge in [0.1, 0.15) is 11.4 Å². The number of amides is 1. The Labute approximate surface area is 157 Å². The Balaban J connectivity index is 2.05. The van der Waals surface area contributed by atoms with Crippen LogP contribution in [-0.4, -0.2) is 53.5 Å². The van der Waals surface area contributed by atoms with Gasteiger partial charge in [-0.2, -0.15) is 0 Å². The Bertz CT molecular complexity index is 585. The number of rotatable bonds is 0. The lowest BCUT2D eigenvalue weighted by Gasteiger charge is -2.37. The van der Waals surface area contributed by atoms with Crippen molar-refractivity contribution in [1.82, 2.24) is 9.80 Å². The van der Waals surface area contributed by atoms with Crippen molar-refractivity contribution < 1.29 is 9.53 Å². The lowest BCUT2D eigenvalue weighted by molar-refractivity contribution is 0.0187. The minimum absolute atomic E-state index is 0.262. The first kappa shape index (κ1) is 19.3. The molecule has 1 amide bonds. The zero-order chi connectivity index (χ0) is 17.9. The predicted molar refractivity (Wildman–Crippen MR) is 102 cm³/mol. The van der Waals surface area contributed by atoms with E-state index in [9.17, 15) is 4.79 Å². The average molecular weight is 419 g/mol. The average Bonchev–Trinajstić information content (AvgIpc) is 2.50. The summed E-state index contributed by atoms with van der Waals surface area (Å²) in [7, 11) is 0. The van der Waals surface area contributed by atoms with Gasteiger partial charge in [0.2, 0.25) is 0 Å². The second-order valence-corrected chi connectivity index (χ2v) is 8.47. The maximum atomic E-state index is 12.2. The standard InChI is InChI=1S/C17H25BrClN3O2/c1-12-5-6-13(18)11-20-15(14(12)19)21-7-9-22(10-8-21)16(23)24-17(2,3)4/h11H,5-10H2,1-4H3/b13-11+,14-12-,20-15+. The molecule has 7 heteroatoms. The van der Waals surface area contributed by atoms with Crippen LogP contribution in [0.3, 0.4) is 0 Å². The molecule has 2 heterocycles. The highest BCUT2D eigenvalue weighted by molar-refractivity contribution is 9.11. The third-order valence-corrected chi connectivity index (χ3v) is 4.96. The lowest BCUT2D eigenvalue weighted by atomic mass is 10.1. The number of allylic oxidation sites excluding steroid dienone is 2. The first-order valence-corrected chi connectivity index (χ1v) is 9.35. The minimum atomic E-state index is -0.474. The Morgan fingerprint density at radius 2 is 1.88 bits per heavy atom. The van der Waals surface area contributed by atoms with Gasteiger partial charge in [0.25, 0.3) is 0 Å². The van der Waals surface area contributed by atoms with Crippen molar-refractivity contribution in [3.05, 3.63) is 21.3 Å². The van der Waals surface area contributed by atoms with E-state index in [0.717, 1.165) is 33.8 Å². The van der Waals surface area contributed by atoms with E-state index in [4.69, 9.17) is 16.3 Å². The van der Waals surface area contributed by atoms with E-state index in [1.165, 1.54) is 0 Å². The molecular weight excluding hydrogens is 394 g/mol. The molecule has 0 N–H and O–H groups in total. The SMILES string of the molecule is C\C1=C(Cl)/C(N2CCN(C(=O)OC(C)(C)C)CC2)=N\C=C(\Br)CC1. The molecule has 0 aromatic rings. The Morgan fingerprint density at radius 3 is 2.46 bits per heavy atom. The highest BCUT2D eigenvalue weighted by Crippen LogP contribution is 2.26. The van der Waals surface area contributed by atoms with Crippen LogP contribution in [0.15, 0.2) is 26.3 Å². The first-order chi connectivity index (χ1) is 11.2. The number of hydrogen-bond donors (Lipinski definition) is 0. The largest absolute Gasteiger partial charge is 0.444 e. The topological polar surface area (TPSA) is 45.1 Å². The summed E-state index contributed by atoms with van der Waals surface area (Å²) < 4.78 is 6.50. The van der Waals surface area contributed by atoms with Crippen molar-refractivity contribution in [2.75, 3.05) is 26.2 Å². The molecule has 0 bridgehead atoms. The number of carbonyl (C=O) groups excluding carboxylic acids is 1. The molecule has 2 aliphatic rings. The van der Waals surface area contributed by atoms with Crippen LogP contribution in [-0.2, 0) is 4.74 Å². The summed E-state index contributed by atoms with van der Waals surface area (Å²) in [6, 6.07) is 0. The molecule has 0 radical (unpaired) electrons. The molecule has 0 saturated carbocycles. The molecule has 2 aliphatic heterocycles. The maximum Gasteiger partial charge on any atom is 0.410 e. The highest BCUT2D eigenvalue weighted by Gasteiger charge is 2.28. The van der Waals surface area contributed by atoms with Gasteiger partial charge in [0.05, 0.1) is 5.03 Å². The first-order valence-electron chi connectivity index (χ1n) is 8.18. The van der Waals surface area contributed by atoms with Crippen LogP contribution in [0, 0.1) is 0 Å². The second-order valence-electron chi connectivity index (χ2n) is 7.08. The maximum absolute atomic E-state index is 12.2. The van der Waals surface area contributed by atoms with Gasteiger partial charge in [0.15, 0.2) is 0 Å². The van der Waals surface area contributed by atoms with Gasteiger partial charge in [-0.15, -0.1) is 0 Å². The zero-order valence-electron chi connectivity index (χ0n) is 14.7. The van der Waals surface area contributed by atoms with Crippen LogP contribution in [0.5, 0.6) is 0 Å². The van der Waals surface area contributed by atoms with E-state index in [1.807, 2.05) is 33.9 Å². The quantitative estimate of drug-likeness (QED) is 0.582. The smallest absolute Gasteiger partial charge is 0.410 e. The number of aliphatic imine (C=N–C) groups is 1. The van der Waals surface area contributed by atoms with Gasteiger partial charge in [-0.3, -0.25) is 0 Å². The zero-order valence-corrected chi connectivity index (χ0v) is 17.1. The molecule has 0 aromatic heterocycles. The van der Waals surface area contributed by atoms with Crippen LogP contribution in [0.1, 0.15) is 40.5 Å². The fraction of sp³-hybridized carbons (Fsp3) is 0.647. The van der Waals surface area contributed by atoms with Crippen molar-refractivity contribution >= 4 is 39.5 Å². The molecule has 0 aromatic carbocycles. The number of nitrogens with zero attached hydrogens (tertiary/aromatic N) is 3. The Morgan fingerprint density at radius 1 is 1.25 bits per heavy atom. The van der Waals surface area contributed by atoms with Crippen molar-refractivity contribution in [2.45, 2.75) is 46.1 Å². The van der Waals surface area contributed by atoms with Crippen LogP contribution in [0.4, 0.5) is 4.79 Å². The van der Waals surface area contributed by atoms with Gasteiger partial charge in [0, 0.05) is 36.9 Å². The number of carbonyl (C=O) groups is 1. The fourth-order valence-corrected chi connectivity index (χ4v) is 3.07. The van der Waals surface area contributed by atoms with E-state index >= 15 is 0 Å². The molecule has 134 valence electrons. The molecule has 1 saturated heterocycles. The number of ether oxygens (including phenoxy) is 1. The second kappa shape index (κ2) is 7.91.